The highest BCUT2D eigenvalue weighted by Gasteiger charge is 2.17. The minimum atomic E-state index is -0.135. The van der Waals surface area contributed by atoms with Crippen molar-refractivity contribution >= 4 is 5.91 Å². The Bertz CT molecular complexity index is 712. The van der Waals surface area contributed by atoms with Gasteiger partial charge < -0.3 is 4.74 Å². The van der Waals surface area contributed by atoms with Crippen LogP contribution in [0, 0.1) is 19.8 Å². The SMILES string of the molecule is Cc1nn(C(=O)COc2ccc(C(C)C)cc2)c(C)c1CCC(C)C. The van der Waals surface area contributed by atoms with E-state index in [1.54, 1.807) is 0 Å². The number of aryl methyl sites for hydroxylation is 1. The van der Waals surface area contributed by atoms with Crippen molar-refractivity contribution in [2.75, 3.05) is 6.61 Å². The van der Waals surface area contributed by atoms with Crippen LogP contribution in [0.15, 0.2) is 24.3 Å². The molecule has 0 atom stereocenters. The third-order valence-electron chi connectivity index (χ3n) is 4.56. The number of ether oxygens (including phenoxy) is 1. The van der Waals surface area contributed by atoms with Gasteiger partial charge in [0.05, 0.1) is 5.69 Å². The number of hydrogen-bond donors (Lipinski definition) is 0. The van der Waals surface area contributed by atoms with Gasteiger partial charge >= 0.3 is 0 Å². The number of rotatable bonds is 7. The van der Waals surface area contributed by atoms with Crippen LogP contribution < -0.4 is 4.74 Å². The Morgan fingerprint density at radius 3 is 2.32 bits per heavy atom. The maximum atomic E-state index is 12.5. The Labute approximate surface area is 151 Å². The summed E-state index contributed by atoms with van der Waals surface area (Å²) in [6.45, 7) is 12.6. The zero-order chi connectivity index (χ0) is 18.6. The number of carbonyl (C=O) groups is 1. The van der Waals surface area contributed by atoms with Gasteiger partial charge in [0.15, 0.2) is 6.61 Å². The highest BCUT2D eigenvalue weighted by molar-refractivity contribution is 5.80. The van der Waals surface area contributed by atoms with E-state index in [4.69, 9.17) is 4.74 Å². The largest absolute Gasteiger partial charge is 0.484 e. The van der Waals surface area contributed by atoms with E-state index in [1.807, 2.05) is 38.1 Å². The van der Waals surface area contributed by atoms with Crippen LogP contribution in [-0.2, 0) is 6.42 Å². The van der Waals surface area contributed by atoms with Gasteiger partial charge in [-0.1, -0.05) is 39.8 Å². The zero-order valence-electron chi connectivity index (χ0n) is 16.3. The standard InChI is InChI=1S/C21H30N2O2/c1-14(2)7-12-20-16(5)22-23(17(20)6)21(24)13-25-19-10-8-18(9-11-19)15(3)4/h8-11,14-15H,7,12-13H2,1-6H3. The maximum absolute atomic E-state index is 12.5. The van der Waals surface area contributed by atoms with Crippen LogP contribution in [0.1, 0.15) is 67.3 Å². The molecular formula is C21H30N2O2. The molecule has 0 saturated heterocycles. The van der Waals surface area contributed by atoms with Crippen LogP contribution in [0.2, 0.25) is 0 Å². The summed E-state index contributed by atoms with van der Waals surface area (Å²) in [6.07, 6.45) is 2.06. The predicted molar refractivity (Wildman–Crippen MR) is 102 cm³/mol. The first-order valence-corrected chi connectivity index (χ1v) is 9.10. The van der Waals surface area contributed by atoms with Crippen LogP contribution in [0.3, 0.4) is 0 Å². The zero-order valence-corrected chi connectivity index (χ0v) is 16.3. The average Bonchev–Trinajstić information content (AvgIpc) is 2.85. The average molecular weight is 342 g/mol. The number of carbonyl (C=O) groups excluding carboxylic acids is 1. The molecule has 0 saturated carbocycles. The number of hydrogen-bond acceptors (Lipinski definition) is 3. The van der Waals surface area contributed by atoms with E-state index in [1.165, 1.54) is 15.8 Å². The van der Waals surface area contributed by atoms with Gasteiger partial charge in [-0.3, -0.25) is 4.79 Å². The van der Waals surface area contributed by atoms with Crippen LogP contribution in [0.25, 0.3) is 0 Å². The Kier molecular flexibility index (Phi) is 6.40. The molecule has 0 aliphatic heterocycles. The molecule has 0 amide bonds. The second kappa shape index (κ2) is 8.32. The minimum absolute atomic E-state index is 0.00734. The van der Waals surface area contributed by atoms with Crippen LogP contribution in [-0.4, -0.2) is 22.3 Å². The summed E-state index contributed by atoms with van der Waals surface area (Å²) in [7, 11) is 0. The highest BCUT2D eigenvalue weighted by Crippen LogP contribution is 2.20. The molecule has 4 nitrogen and oxygen atoms in total. The maximum Gasteiger partial charge on any atom is 0.284 e. The Hall–Kier alpha value is -2.10. The fraction of sp³-hybridized carbons (Fsp3) is 0.524. The van der Waals surface area contributed by atoms with E-state index in [9.17, 15) is 4.79 Å². The molecule has 0 unspecified atom stereocenters. The summed E-state index contributed by atoms with van der Waals surface area (Å²) in [5.74, 6) is 1.69. The molecule has 0 aliphatic rings. The summed E-state index contributed by atoms with van der Waals surface area (Å²) in [5.41, 5.74) is 4.31. The minimum Gasteiger partial charge on any atom is -0.484 e. The van der Waals surface area contributed by atoms with Crippen LogP contribution in [0.4, 0.5) is 0 Å². The van der Waals surface area contributed by atoms with Gasteiger partial charge in [0.1, 0.15) is 5.75 Å². The first-order valence-electron chi connectivity index (χ1n) is 9.10. The predicted octanol–water partition coefficient (Wildman–Crippen LogP) is 4.93. The molecule has 2 aromatic rings. The number of benzene rings is 1. The molecule has 1 aromatic heterocycles. The monoisotopic (exact) mass is 342 g/mol. The topological polar surface area (TPSA) is 44.1 Å². The second-order valence-electron chi connectivity index (χ2n) is 7.40. The van der Waals surface area contributed by atoms with Gasteiger partial charge in [0.25, 0.3) is 5.91 Å². The van der Waals surface area contributed by atoms with Crippen LogP contribution in [0.5, 0.6) is 5.75 Å². The smallest absolute Gasteiger partial charge is 0.284 e. The van der Waals surface area contributed by atoms with Crippen molar-refractivity contribution in [2.45, 2.75) is 60.3 Å². The van der Waals surface area contributed by atoms with E-state index in [0.717, 1.165) is 24.2 Å². The lowest BCUT2D eigenvalue weighted by atomic mass is 10.0. The first-order chi connectivity index (χ1) is 11.8. The molecule has 1 aromatic carbocycles. The number of aromatic nitrogens is 2. The lowest BCUT2D eigenvalue weighted by Crippen LogP contribution is -2.21. The lowest BCUT2D eigenvalue weighted by Gasteiger charge is -2.09. The molecule has 25 heavy (non-hydrogen) atoms. The molecule has 0 aliphatic carbocycles. The van der Waals surface area contributed by atoms with E-state index >= 15 is 0 Å². The molecule has 2 rings (SSSR count). The molecule has 0 N–H and O–H groups in total. The fourth-order valence-electron chi connectivity index (χ4n) is 2.87. The second-order valence-corrected chi connectivity index (χ2v) is 7.40. The van der Waals surface area contributed by atoms with E-state index in [2.05, 4.69) is 32.8 Å². The molecule has 0 fully saturated rings. The quantitative estimate of drug-likeness (QED) is 0.716. The number of nitrogens with zero attached hydrogens (tertiary/aromatic N) is 2. The van der Waals surface area contributed by atoms with Crippen molar-refractivity contribution in [1.29, 1.82) is 0 Å². The summed E-state index contributed by atoms with van der Waals surface area (Å²) in [5, 5.41) is 4.42. The molecule has 0 spiro atoms. The van der Waals surface area contributed by atoms with E-state index in [-0.39, 0.29) is 12.5 Å². The summed E-state index contributed by atoms with van der Waals surface area (Å²) >= 11 is 0. The fourth-order valence-corrected chi connectivity index (χ4v) is 2.87. The lowest BCUT2D eigenvalue weighted by molar-refractivity contribution is 0.0818. The van der Waals surface area contributed by atoms with Crippen molar-refractivity contribution in [2.24, 2.45) is 5.92 Å². The van der Waals surface area contributed by atoms with Gasteiger partial charge in [0, 0.05) is 5.69 Å². The molecular weight excluding hydrogens is 312 g/mol. The Morgan fingerprint density at radius 1 is 1.12 bits per heavy atom. The van der Waals surface area contributed by atoms with Gasteiger partial charge in [-0.15, -0.1) is 0 Å². The van der Waals surface area contributed by atoms with Crippen molar-refractivity contribution in [3.05, 3.63) is 46.8 Å². The third-order valence-corrected chi connectivity index (χ3v) is 4.56. The Balaban J connectivity index is 2.02. The first kappa shape index (κ1) is 19.2. The van der Waals surface area contributed by atoms with Crippen molar-refractivity contribution in [3.63, 3.8) is 0 Å². The molecule has 136 valence electrons. The van der Waals surface area contributed by atoms with Crippen molar-refractivity contribution < 1.29 is 9.53 Å². The highest BCUT2D eigenvalue weighted by atomic mass is 16.5. The molecule has 0 bridgehead atoms. The van der Waals surface area contributed by atoms with Crippen molar-refractivity contribution in [1.82, 2.24) is 9.78 Å². The molecule has 1 heterocycles. The Morgan fingerprint density at radius 2 is 1.76 bits per heavy atom. The third kappa shape index (κ3) is 4.94. The molecule has 4 heteroatoms. The van der Waals surface area contributed by atoms with E-state index < -0.39 is 0 Å². The van der Waals surface area contributed by atoms with Crippen LogP contribution >= 0.6 is 0 Å². The van der Waals surface area contributed by atoms with Gasteiger partial charge in [-0.05, 0) is 61.8 Å². The van der Waals surface area contributed by atoms with E-state index in [0.29, 0.717) is 17.6 Å². The van der Waals surface area contributed by atoms with Gasteiger partial charge in [0.2, 0.25) is 0 Å². The summed E-state index contributed by atoms with van der Waals surface area (Å²) < 4.78 is 7.14. The molecule has 0 radical (unpaired) electrons. The van der Waals surface area contributed by atoms with Crippen molar-refractivity contribution in [3.8, 4) is 5.75 Å². The normalized spacial score (nSPS) is 11.4. The van der Waals surface area contributed by atoms with Gasteiger partial charge in [-0.25, -0.2) is 4.68 Å². The summed E-state index contributed by atoms with van der Waals surface area (Å²) in [4.78, 5) is 12.5. The summed E-state index contributed by atoms with van der Waals surface area (Å²) in [6, 6.07) is 7.91. The van der Waals surface area contributed by atoms with Gasteiger partial charge in [-0.2, -0.15) is 5.10 Å².